The zero-order chi connectivity index (χ0) is 25.7. The van der Waals surface area contributed by atoms with E-state index in [0.717, 1.165) is 10.6 Å². The summed E-state index contributed by atoms with van der Waals surface area (Å²) in [5.74, 6) is -0.664. The quantitative estimate of drug-likeness (QED) is 0.445. The number of benzene rings is 1. The molecule has 1 aromatic heterocycles. The molecule has 11 heteroatoms. The second-order valence-corrected chi connectivity index (χ2v) is 8.81. The van der Waals surface area contributed by atoms with E-state index in [0.29, 0.717) is 0 Å². The van der Waals surface area contributed by atoms with E-state index < -0.39 is 36.0 Å². The van der Waals surface area contributed by atoms with Crippen LogP contribution >= 0.6 is 11.6 Å². The van der Waals surface area contributed by atoms with Gasteiger partial charge in [-0.3, -0.25) is 9.36 Å². The summed E-state index contributed by atoms with van der Waals surface area (Å²) in [6.45, 7) is 3.74. The van der Waals surface area contributed by atoms with E-state index in [4.69, 9.17) is 30.5 Å². The number of rotatable bonds is 9. The molecule has 0 aliphatic carbocycles. The van der Waals surface area contributed by atoms with Gasteiger partial charge < -0.3 is 18.9 Å². The van der Waals surface area contributed by atoms with Crippen molar-refractivity contribution in [3.8, 4) is 22.6 Å². The largest absolute Gasteiger partial charge is 0.495 e. The molecule has 0 aliphatic rings. The van der Waals surface area contributed by atoms with Gasteiger partial charge in [-0.1, -0.05) is 11.6 Å². The molecule has 1 aromatic carbocycles. The number of halogens is 4. The zero-order valence-electron chi connectivity index (χ0n) is 19.5. The summed E-state index contributed by atoms with van der Waals surface area (Å²) >= 11 is 6.06. The third kappa shape index (κ3) is 7.66. The van der Waals surface area contributed by atoms with Gasteiger partial charge in [-0.05, 0) is 39.0 Å². The standard InChI is InChI=1S/C23H27ClF3NO6/c1-22(2,3)34-21(30)17(8-9-31-4)28-12-19(32-5)16(11-20(28)29)15-10-14(24)6-7-18(15)33-13-23(25,26)27/h6-7,10-12,17H,8-9,13H2,1-5H3. The average molecular weight is 506 g/mol. The number of carbonyl (C=O) groups excluding carboxylic acids is 1. The molecule has 34 heavy (non-hydrogen) atoms. The van der Waals surface area contributed by atoms with Gasteiger partial charge in [0.2, 0.25) is 0 Å². The van der Waals surface area contributed by atoms with Crippen molar-refractivity contribution in [2.24, 2.45) is 0 Å². The molecule has 1 heterocycles. The fourth-order valence-electron chi connectivity index (χ4n) is 3.11. The van der Waals surface area contributed by atoms with Gasteiger partial charge in [-0.15, -0.1) is 0 Å². The highest BCUT2D eigenvalue weighted by Gasteiger charge is 2.30. The first-order chi connectivity index (χ1) is 15.8. The first kappa shape index (κ1) is 27.5. The molecule has 2 aromatic rings. The van der Waals surface area contributed by atoms with Crippen molar-refractivity contribution in [2.75, 3.05) is 27.4 Å². The average Bonchev–Trinajstić information content (AvgIpc) is 2.71. The van der Waals surface area contributed by atoms with Crippen LogP contribution < -0.4 is 15.0 Å². The predicted molar refractivity (Wildman–Crippen MR) is 121 cm³/mol. The van der Waals surface area contributed by atoms with Crippen LogP contribution in [0.1, 0.15) is 33.2 Å². The Balaban J connectivity index is 2.59. The van der Waals surface area contributed by atoms with Crippen molar-refractivity contribution in [2.45, 2.75) is 45.0 Å². The minimum atomic E-state index is -4.56. The Morgan fingerprint density at radius 1 is 1.09 bits per heavy atom. The van der Waals surface area contributed by atoms with E-state index in [9.17, 15) is 22.8 Å². The number of esters is 1. The van der Waals surface area contributed by atoms with Gasteiger partial charge in [0, 0.05) is 42.4 Å². The van der Waals surface area contributed by atoms with Crippen LogP contribution in [0, 0.1) is 0 Å². The summed E-state index contributed by atoms with van der Waals surface area (Å²) in [6.07, 6.45) is -3.12. The maximum atomic E-state index is 13.1. The lowest BCUT2D eigenvalue weighted by Crippen LogP contribution is -2.35. The van der Waals surface area contributed by atoms with Crippen molar-refractivity contribution < 1.29 is 36.9 Å². The molecule has 0 fully saturated rings. The minimum Gasteiger partial charge on any atom is -0.495 e. The molecule has 2 rings (SSSR count). The maximum absolute atomic E-state index is 13.1. The lowest BCUT2D eigenvalue weighted by atomic mass is 10.0. The first-order valence-corrected chi connectivity index (χ1v) is 10.6. The van der Waals surface area contributed by atoms with Gasteiger partial charge in [0.1, 0.15) is 23.1 Å². The number of hydrogen-bond acceptors (Lipinski definition) is 6. The molecule has 0 saturated carbocycles. The number of alkyl halides is 3. The van der Waals surface area contributed by atoms with Gasteiger partial charge in [0.05, 0.1) is 13.3 Å². The number of methoxy groups -OCH3 is 2. The summed E-state index contributed by atoms with van der Waals surface area (Å²) in [4.78, 5) is 25.9. The van der Waals surface area contributed by atoms with Crippen LogP contribution in [0.4, 0.5) is 13.2 Å². The van der Waals surface area contributed by atoms with Crippen molar-refractivity contribution in [1.82, 2.24) is 4.57 Å². The summed E-state index contributed by atoms with van der Waals surface area (Å²) in [5.41, 5.74) is -1.12. The molecular formula is C23H27ClF3NO6. The van der Waals surface area contributed by atoms with Crippen LogP contribution in [0.25, 0.3) is 11.1 Å². The summed E-state index contributed by atoms with van der Waals surface area (Å²) in [7, 11) is 2.78. The summed E-state index contributed by atoms with van der Waals surface area (Å²) in [6, 6.07) is 4.14. The maximum Gasteiger partial charge on any atom is 0.422 e. The highest BCUT2D eigenvalue weighted by molar-refractivity contribution is 6.31. The van der Waals surface area contributed by atoms with Crippen LogP contribution in [0.2, 0.25) is 5.02 Å². The summed E-state index contributed by atoms with van der Waals surface area (Å²) in [5, 5.41) is 0.215. The lowest BCUT2D eigenvalue weighted by molar-refractivity contribution is -0.159. The van der Waals surface area contributed by atoms with E-state index >= 15 is 0 Å². The van der Waals surface area contributed by atoms with Gasteiger partial charge in [0.25, 0.3) is 5.56 Å². The monoisotopic (exact) mass is 505 g/mol. The number of pyridine rings is 1. The third-order valence-electron chi connectivity index (χ3n) is 4.50. The highest BCUT2D eigenvalue weighted by Crippen LogP contribution is 2.38. The second kappa shape index (κ2) is 11.1. The number of nitrogens with zero attached hydrogens (tertiary/aromatic N) is 1. The Kier molecular flexibility index (Phi) is 9.02. The lowest BCUT2D eigenvalue weighted by Gasteiger charge is -2.25. The number of carbonyl (C=O) groups is 1. The molecule has 0 saturated heterocycles. The van der Waals surface area contributed by atoms with E-state index in [1.54, 1.807) is 20.8 Å². The molecule has 0 bridgehead atoms. The molecule has 0 N–H and O–H groups in total. The molecule has 1 atom stereocenters. The van der Waals surface area contributed by atoms with E-state index in [1.165, 1.54) is 38.6 Å². The van der Waals surface area contributed by atoms with Gasteiger partial charge in [-0.2, -0.15) is 13.2 Å². The molecule has 0 amide bonds. The number of aromatic nitrogens is 1. The predicted octanol–water partition coefficient (Wildman–Crippen LogP) is 5.04. The molecule has 188 valence electrons. The van der Waals surface area contributed by atoms with Crippen molar-refractivity contribution in [3.05, 3.63) is 45.8 Å². The number of hydrogen-bond donors (Lipinski definition) is 0. The zero-order valence-corrected chi connectivity index (χ0v) is 20.2. The van der Waals surface area contributed by atoms with Gasteiger partial charge in [0.15, 0.2) is 6.61 Å². The second-order valence-electron chi connectivity index (χ2n) is 8.38. The SMILES string of the molecule is COCCC(C(=O)OC(C)(C)C)n1cc(OC)c(-c2cc(Cl)ccc2OCC(F)(F)F)cc1=O. The Hall–Kier alpha value is -2.72. The Morgan fingerprint density at radius 2 is 1.74 bits per heavy atom. The van der Waals surface area contributed by atoms with Crippen molar-refractivity contribution >= 4 is 17.6 Å². The topological polar surface area (TPSA) is 76.0 Å². The van der Waals surface area contributed by atoms with E-state index in [1.807, 2.05) is 0 Å². The Morgan fingerprint density at radius 3 is 2.29 bits per heavy atom. The van der Waals surface area contributed by atoms with Crippen LogP contribution in [-0.2, 0) is 14.3 Å². The van der Waals surface area contributed by atoms with E-state index in [2.05, 4.69) is 0 Å². The van der Waals surface area contributed by atoms with Gasteiger partial charge >= 0.3 is 12.1 Å². The molecule has 0 radical (unpaired) electrons. The fraction of sp³-hybridized carbons (Fsp3) is 0.478. The van der Waals surface area contributed by atoms with Crippen molar-refractivity contribution in [1.29, 1.82) is 0 Å². The molecular weight excluding hydrogens is 479 g/mol. The third-order valence-corrected chi connectivity index (χ3v) is 4.73. The van der Waals surface area contributed by atoms with E-state index in [-0.39, 0.29) is 40.7 Å². The van der Waals surface area contributed by atoms with Gasteiger partial charge in [-0.25, -0.2) is 4.79 Å². The molecule has 0 aliphatic heterocycles. The highest BCUT2D eigenvalue weighted by atomic mass is 35.5. The van der Waals surface area contributed by atoms with Crippen LogP contribution in [0.3, 0.4) is 0 Å². The minimum absolute atomic E-state index is 0.115. The molecule has 1 unspecified atom stereocenters. The first-order valence-electron chi connectivity index (χ1n) is 10.3. The smallest absolute Gasteiger partial charge is 0.422 e. The summed E-state index contributed by atoms with van der Waals surface area (Å²) < 4.78 is 60.2. The van der Waals surface area contributed by atoms with Crippen molar-refractivity contribution in [3.63, 3.8) is 0 Å². The van der Waals surface area contributed by atoms with Crippen LogP contribution in [0.15, 0.2) is 35.3 Å². The fourth-order valence-corrected chi connectivity index (χ4v) is 3.29. The molecule has 0 spiro atoms. The normalized spacial score (nSPS) is 12.9. The van der Waals surface area contributed by atoms with Crippen LogP contribution in [-0.4, -0.2) is 49.7 Å². The Labute approximate surface area is 200 Å². The van der Waals surface area contributed by atoms with Crippen LogP contribution in [0.5, 0.6) is 11.5 Å². The molecule has 7 nitrogen and oxygen atoms in total. The Bertz CT molecular complexity index is 1060. The number of ether oxygens (including phenoxy) is 4.